The number of carbonyl (C=O) groups excluding carboxylic acids is 2. The molecule has 7 nitrogen and oxygen atoms in total. The lowest BCUT2D eigenvalue weighted by molar-refractivity contribution is -0.128. The van der Waals surface area contributed by atoms with Gasteiger partial charge in [-0.15, -0.1) is 0 Å². The molecule has 2 aromatic rings. The van der Waals surface area contributed by atoms with Crippen molar-refractivity contribution in [2.45, 2.75) is 78.3 Å². The number of ether oxygens (including phenoxy) is 2. The highest BCUT2D eigenvalue weighted by molar-refractivity contribution is 6.06. The molecule has 1 aliphatic carbocycles. The second-order valence-electron chi connectivity index (χ2n) is 10.6. The molecular weight excluding hydrogens is 478 g/mol. The van der Waals surface area contributed by atoms with Crippen LogP contribution in [-0.2, 0) is 11.3 Å². The Bertz CT molecular complexity index is 1190. The standard InChI is InChI=1S/C23H29N3O4.C8H16/c1-7-8-9-16(24-4)13-26-22(28)18-12-17-19(29-5)10-11-20(30-6)21(17)25(18)14-23(26,3)15(2)27;1-8-6-4-2-3-5-7-8/h7-12,24H,13-14H2,1-6H3;8H,2-7H2,1H3/b8-7-,16-9-;. The highest BCUT2D eigenvalue weighted by Gasteiger charge is 2.46. The van der Waals surface area contributed by atoms with Gasteiger partial charge in [0.1, 0.15) is 22.7 Å². The van der Waals surface area contributed by atoms with E-state index in [1.54, 1.807) is 19.1 Å². The van der Waals surface area contributed by atoms with Gasteiger partial charge in [-0.25, -0.2) is 0 Å². The smallest absolute Gasteiger partial charge is 0.271 e. The lowest BCUT2D eigenvalue weighted by Gasteiger charge is -2.44. The van der Waals surface area contributed by atoms with Crippen molar-refractivity contribution in [2.75, 3.05) is 27.8 Å². The first-order chi connectivity index (χ1) is 18.2. The summed E-state index contributed by atoms with van der Waals surface area (Å²) in [5, 5.41) is 3.91. The number of allylic oxidation sites excluding steroid dienone is 3. The van der Waals surface area contributed by atoms with Crippen molar-refractivity contribution >= 4 is 22.6 Å². The first-order valence-corrected chi connectivity index (χ1v) is 13.8. The molecule has 1 aromatic heterocycles. The molecule has 1 amide bonds. The van der Waals surface area contributed by atoms with Crippen molar-refractivity contribution in [3.8, 4) is 11.5 Å². The number of hydrogen-bond donors (Lipinski definition) is 1. The van der Waals surface area contributed by atoms with Gasteiger partial charge in [0, 0.05) is 18.1 Å². The predicted octanol–water partition coefficient (Wildman–Crippen LogP) is 6.12. The summed E-state index contributed by atoms with van der Waals surface area (Å²) in [5.74, 6) is 2.03. The Kier molecular flexibility index (Phi) is 10.1. The Hall–Kier alpha value is -3.22. The van der Waals surface area contributed by atoms with Gasteiger partial charge >= 0.3 is 0 Å². The first-order valence-electron chi connectivity index (χ1n) is 13.8. The highest BCUT2D eigenvalue weighted by Crippen LogP contribution is 2.40. The fourth-order valence-electron chi connectivity index (χ4n) is 5.39. The normalized spacial score (nSPS) is 20.6. The number of ketones is 1. The summed E-state index contributed by atoms with van der Waals surface area (Å²) in [6, 6.07) is 5.45. The van der Waals surface area contributed by atoms with Crippen molar-refractivity contribution in [2.24, 2.45) is 5.92 Å². The van der Waals surface area contributed by atoms with Gasteiger partial charge in [-0.3, -0.25) is 9.59 Å². The fourth-order valence-corrected chi connectivity index (χ4v) is 5.39. The number of nitrogens with zero attached hydrogens (tertiary/aromatic N) is 2. The van der Waals surface area contributed by atoms with Crippen molar-refractivity contribution in [3.05, 3.63) is 47.8 Å². The minimum Gasteiger partial charge on any atom is -0.496 e. The van der Waals surface area contributed by atoms with Crippen LogP contribution in [0.25, 0.3) is 10.9 Å². The van der Waals surface area contributed by atoms with Crippen LogP contribution < -0.4 is 14.8 Å². The van der Waals surface area contributed by atoms with E-state index < -0.39 is 5.54 Å². The zero-order chi connectivity index (χ0) is 27.9. The predicted molar refractivity (Wildman–Crippen MR) is 154 cm³/mol. The summed E-state index contributed by atoms with van der Waals surface area (Å²) in [6.45, 7) is 8.28. The molecule has 2 aliphatic rings. The van der Waals surface area contributed by atoms with E-state index in [0.717, 1.165) is 22.5 Å². The van der Waals surface area contributed by atoms with E-state index in [2.05, 4.69) is 12.2 Å². The van der Waals surface area contributed by atoms with Crippen molar-refractivity contribution in [1.82, 2.24) is 14.8 Å². The van der Waals surface area contributed by atoms with E-state index in [0.29, 0.717) is 30.3 Å². The molecule has 38 heavy (non-hydrogen) atoms. The monoisotopic (exact) mass is 523 g/mol. The van der Waals surface area contributed by atoms with E-state index >= 15 is 0 Å². The number of benzene rings is 1. The molecule has 1 aliphatic heterocycles. The number of fused-ring (bicyclic) bond motifs is 3. The maximum atomic E-state index is 13.6. The third kappa shape index (κ3) is 6.08. The van der Waals surface area contributed by atoms with Crippen LogP contribution >= 0.6 is 0 Å². The zero-order valence-corrected chi connectivity index (χ0v) is 24.2. The molecule has 1 saturated carbocycles. The number of aromatic nitrogens is 1. The SMILES string of the molecule is C/C=C\C=C(\CN1C(=O)c2cc3c(OC)ccc(OC)c3n2CC1(C)C(C)=O)NC.CC1CCCCCC1. The van der Waals surface area contributed by atoms with Crippen molar-refractivity contribution < 1.29 is 19.1 Å². The molecular formula is C31H45N3O4. The number of Topliss-reactive ketones (excluding diaryl/α,β-unsaturated/α-hetero) is 1. The van der Waals surface area contributed by atoms with Gasteiger partial charge in [0.15, 0.2) is 5.78 Å². The van der Waals surface area contributed by atoms with Gasteiger partial charge in [0.05, 0.1) is 32.8 Å². The summed E-state index contributed by atoms with van der Waals surface area (Å²) in [6.07, 6.45) is 14.6. The van der Waals surface area contributed by atoms with E-state index in [9.17, 15) is 9.59 Å². The van der Waals surface area contributed by atoms with Crippen LogP contribution in [-0.4, -0.2) is 54.5 Å². The minimum absolute atomic E-state index is 0.0771. The Morgan fingerprint density at radius 2 is 1.76 bits per heavy atom. The third-order valence-corrected chi connectivity index (χ3v) is 7.99. The maximum Gasteiger partial charge on any atom is 0.271 e. The van der Waals surface area contributed by atoms with Crippen LogP contribution in [0.5, 0.6) is 11.5 Å². The molecule has 1 unspecified atom stereocenters. The zero-order valence-electron chi connectivity index (χ0n) is 24.2. The topological polar surface area (TPSA) is 72.8 Å². The van der Waals surface area contributed by atoms with Crippen LogP contribution in [0.1, 0.15) is 76.7 Å². The van der Waals surface area contributed by atoms with Gasteiger partial charge in [-0.2, -0.15) is 0 Å². The average molecular weight is 524 g/mol. The van der Waals surface area contributed by atoms with E-state index in [-0.39, 0.29) is 11.7 Å². The fraction of sp³-hybridized carbons (Fsp3) is 0.548. The summed E-state index contributed by atoms with van der Waals surface area (Å²) in [5.41, 5.74) is 1.10. The molecule has 4 rings (SSSR count). The van der Waals surface area contributed by atoms with Crippen LogP contribution in [0, 0.1) is 5.92 Å². The molecule has 208 valence electrons. The number of likely N-dealkylation sites (N-methyl/N-ethyl adjacent to an activating group) is 1. The van der Waals surface area contributed by atoms with Crippen LogP contribution in [0.4, 0.5) is 0 Å². The lowest BCUT2D eigenvalue weighted by Crippen LogP contribution is -2.61. The number of hydrogen-bond acceptors (Lipinski definition) is 5. The highest BCUT2D eigenvalue weighted by atomic mass is 16.5. The molecule has 2 heterocycles. The maximum absolute atomic E-state index is 13.6. The number of nitrogens with one attached hydrogen (secondary N) is 1. The molecule has 1 aromatic carbocycles. The first kappa shape index (κ1) is 29.3. The second-order valence-corrected chi connectivity index (χ2v) is 10.6. The number of rotatable bonds is 7. The summed E-state index contributed by atoms with van der Waals surface area (Å²) in [7, 11) is 4.99. The van der Waals surface area contributed by atoms with Gasteiger partial charge in [-0.05, 0) is 51.0 Å². The third-order valence-electron chi connectivity index (χ3n) is 7.99. The molecule has 1 fully saturated rings. The Labute approximate surface area is 227 Å². The van der Waals surface area contributed by atoms with E-state index in [1.807, 2.05) is 61.9 Å². The van der Waals surface area contributed by atoms with E-state index in [4.69, 9.17) is 9.47 Å². The second kappa shape index (κ2) is 13.0. The molecule has 1 N–H and O–H groups in total. The number of amides is 1. The van der Waals surface area contributed by atoms with Crippen LogP contribution in [0.15, 0.2) is 42.1 Å². The molecule has 1 atom stereocenters. The van der Waals surface area contributed by atoms with Gasteiger partial charge in [0.25, 0.3) is 5.91 Å². The summed E-state index contributed by atoms with van der Waals surface area (Å²) >= 11 is 0. The van der Waals surface area contributed by atoms with Gasteiger partial charge in [0.2, 0.25) is 0 Å². The van der Waals surface area contributed by atoms with Crippen LogP contribution in [0.2, 0.25) is 0 Å². The van der Waals surface area contributed by atoms with Gasteiger partial charge in [-0.1, -0.05) is 57.6 Å². The van der Waals surface area contributed by atoms with E-state index in [1.165, 1.54) is 45.4 Å². The Morgan fingerprint density at radius 1 is 1.13 bits per heavy atom. The Balaban J connectivity index is 0.000000427. The molecule has 0 spiro atoms. The lowest BCUT2D eigenvalue weighted by atomic mass is 9.91. The molecule has 0 radical (unpaired) electrons. The van der Waals surface area contributed by atoms with Crippen molar-refractivity contribution in [3.63, 3.8) is 0 Å². The van der Waals surface area contributed by atoms with Gasteiger partial charge < -0.3 is 24.3 Å². The number of carbonyl (C=O) groups is 2. The largest absolute Gasteiger partial charge is 0.496 e. The van der Waals surface area contributed by atoms with Crippen molar-refractivity contribution in [1.29, 1.82) is 0 Å². The Morgan fingerprint density at radius 3 is 2.32 bits per heavy atom. The van der Waals surface area contributed by atoms with Crippen LogP contribution in [0.3, 0.4) is 0 Å². The number of methoxy groups -OCH3 is 2. The molecule has 0 bridgehead atoms. The summed E-state index contributed by atoms with van der Waals surface area (Å²) in [4.78, 5) is 28.1. The molecule has 7 heteroatoms. The molecule has 0 saturated heterocycles. The minimum atomic E-state index is -1.00. The average Bonchev–Trinajstić information content (AvgIpc) is 3.12. The quantitative estimate of drug-likeness (QED) is 0.350. The summed E-state index contributed by atoms with van der Waals surface area (Å²) < 4.78 is 12.9.